The summed E-state index contributed by atoms with van der Waals surface area (Å²) in [5.74, 6) is -0.168. The SMILES string of the molecule is O=C(NO)c1ccc(OCCNC(=O)c2cccc3ccccc23)cc1. The maximum absolute atomic E-state index is 12.4. The maximum atomic E-state index is 12.4. The third-order valence-electron chi connectivity index (χ3n) is 3.91. The lowest BCUT2D eigenvalue weighted by Crippen LogP contribution is -2.28. The van der Waals surface area contributed by atoms with Gasteiger partial charge in [0.25, 0.3) is 11.8 Å². The lowest BCUT2D eigenvalue weighted by Gasteiger charge is -2.10. The molecule has 3 aromatic rings. The number of rotatable bonds is 6. The minimum atomic E-state index is -0.584. The van der Waals surface area contributed by atoms with Gasteiger partial charge in [-0.1, -0.05) is 36.4 Å². The van der Waals surface area contributed by atoms with Crippen molar-refractivity contribution in [3.05, 3.63) is 77.9 Å². The van der Waals surface area contributed by atoms with Gasteiger partial charge in [0.2, 0.25) is 0 Å². The summed E-state index contributed by atoms with van der Waals surface area (Å²) in [6.45, 7) is 0.642. The number of hydroxylamine groups is 1. The van der Waals surface area contributed by atoms with Crippen LogP contribution in [0.2, 0.25) is 0 Å². The lowest BCUT2D eigenvalue weighted by molar-refractivity contribution is 0.0706. The van der Waals surface area contributed by atoms with Crippen LogP contribution in [-0.4, -0.2) is 30.2 Å². The zero-order valence-corrected chi connectivity index (χ0v) is 13.9. The number of carbonyl (C=O) groups is 2. The van der Waals surface area contributed by atoms with E-state index in [0.29, 0.717) is 30.0 Å². The van der Waals surface area contributed by atoms with E-state index in [1.165, 1.54) is 12.1 Å². The summed E-state index contributed by atoms with van der Waals surface area (Å²) in [4.78, 5) is 23.6. The number of hydrogen-bond donors (Lipinski definition) is 3. The van der Waals surface area contributed by atoms with Crippen molar-refractivity contribution in [2.24, 2.45) is 0 Å². The average molecular weight is 350 g/mol. The van der Waals surface area contributed by atoms with Gasteiger partial charge in [0.15, 0.2) is 0 Å². The van der Waals surface area contributed by atoms with E-state index in [9.17, 15) is 9.59 Å². The van der Waals surface area contributed by atoms with Crippen molar-refractivity contribution >= 4 is 22.6 Å². The Morgan fingerprint density at radius 2 is 1.62 bits per heavy atom. The summed E-state index contributed by atoms with van der Waals surface area (Å²) in [6, 6.07) is 19.7. The molecule has 3 aromatic carbocycles. The first-order chi connectivity index (χ1) is 12.7. The van der Waals surface area contributed by atoms with Gasteiger partial charge in [-0.15, -0.1) is 0 Å². The number of carbonyl (C=O) groups excluding carboxylic acids is 2. The van der Waals surface area contributed by atoms with Crippen molar-refractivity contribution in [2.45, 2.75) is 0 Å². The van der Waals surface area contributed by atoms with E-state index in [-0.39, 0.29) is 5.91 Å². The molecule has 3 N–H and O–H groups in total. The summed E-state index contributed by atoms with van der Waals surface area (Å²) in [5, 5.41) is 13.3. The number of hydrogen-bond acceptors (Lipinski definition) is 4. The maximum Gasteiger partial charge on any atom is 0.274 e. The van der Waals surface area contributed by atoms with Gasteiger partial charge in [-0.25, -0.2) is 5.48 Å². The molecule has 0 radical (unpaired) electrons. The summed E-state index contributed by atoms with van der Waals surface area (Å²) in [7, 11) is 0. The van der Waals surface area contributed by atoms with Gasteiger partial charge < -0.3 is 10.1 Å². The summed E-state index contributed by atoms with van der Waals surface area (Å²) in [5.41, 5.74) is 2.52. The third-order valence-corrected chi connectivity index (χ3v) is 3.91. The predicted octanol–water partition coefficient (Wildman–Crippen LogP) is 2.77. The highest BCUT2D eigenvalue weighted by Crippen LogP contribution is 2.18. The second kappa shape index (κ2) is 8.13. The molecule has 0 saturated heterocycles. The van der Waals surface area contributed by atoms with Crippen LogP contribution in [0.15, 0.2) is 66.7 Å². The van der Waals surface area contributed by atoms with Crippen molar-refractivity contribution in [3.8, 4) is 5.75 Å². The molecule has 132 valence electrons. The molecule has 0 atom stereocenters. The average Bonchev–Trinajstić information content (AvgIpc) is 2.70. The molecule has 2 amide bonds. The first-order valence-electron chi connectivity index (χ1n) is 8.12. The minimum absolute atomic E-state index is 0.152. The fraction of sp³-hybridized carbons (Fsp3) is 0.100. The van der Waals surface area contributed by atoms with Crippen LogP contribution < -0.4 is 15.5 Å². The van der Waals surface area contributed by atoms with Crippen LogP contribution in [0.1, 0.15) is 20.7 Å². The van der Waals surface area contributed by atoms with Crippen LogP contribution in [0.3, 0.4) is 0 Å². The number of amides is 2. The first kappa shape index (κ1) is 17.4. The molecular weight excluding hydrogens is 332 g/mol. The molecule has 0 saturated carbocycles. The van der Waals surface area contributed by atoms with E-state index in [2.05, 4.69) is 5.32 Å². The Morgan fingerprint density at radius 3 is 2.38 bits per heavy atom. The highest BCUT2D eigenvalue weighted by molar-refractivity contribution is 6.07. The summed E-state index contributed by atoms with van der Waals surface area (Å²) in [6.07, 6.45) is 0. The molecule has 0 fully saturated rings. The Bertz CT molecular complexity index is 917. The Hall–Kier alpha value is -3.38. The van der Waals surface area contributed by atoms with Gasteiger partial charge in [0.05, 0.1) is 6.54 Å². The fourth-order valence-corrected chi connectivity index (χ4v) is 2.62. The molecule has 0 aliphatic heterocycles. The van der Waals surface area contributed by atoms with Gasteiger partial charge in [0.1, 0.15) is 12.4 Å². The van der Waals surface area contributed by atoms with Crippen LogP contribution in [0, 0.1) is 0 Å². The zero-order chi connectivity index (χ0) is 18.4. The van der Waals surface area contributed by atoms with Crippen LogP contribution in [0.4, 0.5) is 0 Å². The molecule has 6 heteroatoms. The number of fused-ring (bicyclic) bond motifs is 1. The number of benzene rings is 3. The van der Waals surface area contributed by atoms with Gasteiger partial charge in [-0.2, -0.15) is 0 Å². The molecule has 26 heavy (non-hydrogen) atoms. The molecule has 0 unspecified atom stereocenters. The van der Waals surface area contributed by atoms with E-state index in [1.54, 1.807) is 23.7 Å². The second-order valence-electron chi connectivity index (χ2n) is 5.60. The van der Waals surface area contributed by atoms with Crippen LogP contribution >= 0.6 is 0 Å². The molecular formula is C20H18N2O4. The van der Waals surface area contributed by atoms with Crippen molar-refractivity contribution in [3.63, 3.8) is 0 Å². The van der Waals surface area contributed by atoms with Crippen molar-refractivity contribution in [2.75, 3.05) is 13.2 Å². The molecule has 3 rings (SSSR count). The Kier molecular flexibility index (Phi) is 5.46. The Balaban J connectivity index is 1.53. The lowest BCUT2D eigenvalue weighted by atomic mass is 10.0. The molecule has 6 nitrogen and oxygen atoms in total. The van der Waals surface area contributed by atoms with E-state index in [0.717, 1.165) is 10.8 Å². The zero-order valence-electron chi connectivity index (χ0n) is 13.9. The van der Waals surface area contributed by atoms with Gasteiger partial charge in [0, 0.05) is 11.1 Å². The topological polar surface area (TPSA) is 87.7 Å². The van der Waals surface area contributed by atoms with Crippen molar-refractivity contribution in [1.29, 1.82) is 0 Å². The number of nitrogens with one attached hydrogen (secondary N) is 2. The molecule has 0 bridgehead atoms. The third kappa shape index (κ3) is 3.99. The van der Waals surface area contributed by atoms with E-state index < -0.39 is 5.91 Å². The largest absolute Gasteiger partial charge is 0.492 e. The first-order valence-corrected chi connectivity index (χ1v) is 8.12. The second-order valence-corrected chi connectivity index (χ2v) is 5.60. The van der Waals surface area contributed by atoms with Crippen LogP contribution in [0.25, 0.3) is 10.8 Å². The van der Waals surface area contributed by atoms with Crippen molar-refractivity contribution in [1.82, 2.24) is 10.8 Å². The van der Waals surface area contributed by atoms with Crippen LogP contribution in [0.5, 0.6) is 5.75 Å². The van der Waals surface area contributed by atoms with E-state index in [1.807, 2.05) is 36.4 Å². The summed E-state index contributed by atoms with van der Waals surface area (Å²) >= 11 is 0. The molecule has 0 aliphatic rings. The van der Waals surface area contributed by atoms with Gasteiger partial charge in [-0.3, -0.25) is 14.8 Å². The van der Waals surface area contributed by atoms with Crippen LogP contribution in [-0.2, 0) is 0 Å². The van der Waals surface area contributed by atoms with Crippen molar-refractivity contribution < 1.29 is 19.5 Å². The molecule has 0 heterocycles. The minimum Gasteiger partial charge on any atom is -0.492 e. The number of ether oxygens (including phenoxy) is 1. The molecule has 0 aromatic heterocycles. The normalized spacial score (nSPS) is 10.3. The predicted molar refractivity (Wildman–Crippen MR) is 97.5 cm³/mol. The van der Waals surface area contributed by atoms with Gasteiger partial charge in [-0.05, 0) is 41.1 Å². The standard InChI is InChI=1S/C20H18N2O4/c23-19(22-25)15-8-10-16(11-9-15)26-13-12-21-20(24)18-7-3-5-14-4-1-2-6-17(14)18/h1-11,25H,12-13H2,(H,21,24)(H,22,23). The Labute approximate surface area is 150 Å². The molecule has 0 aliphatic carbocycles. The fourth-order valence-electron chi connectivity index (χ4n) is 2.62. The smallest absolute Gasteiger partial charge is 0.274 e. The van der Waals surface area contributed by atoms with Gasteiger partial charge >= 0.3 is 0 Å². The van der Waals surface area contributed by atoms with E-state index >= 15 is 0 Å². The highest BCUT2D eigenvalue weighted by atomic mass is 16.5. The molecule has 0 spiro atoms. The summed E-state index contributed by atoms with van der Waals surface area (Å²) < 4.78 is 5.54. The monoisotopic (exact) mass is 350 g/mol. The quantitative estimate of drug-likeness (QED) is 0.362. The van der Waals surface area contributed by atoms with E-state index in [4.69, 9.17) is 9.94 Å². The highest BCUT2D eigenvalue weighted by Gasteiger charge is 2.09. The Morgan fingerprint density at radius 1 is 0.885 bits per heavy atom.